The number of benzene rings is 3. The largest absolute Gasteiger partial charge is 0.480 e. The molecule has 0 fully saturated rings. The van der Waals surface area contributed by atoms with E-state index in [0.717, 1.165) is 10.6 Å². The Kier molecular flexibility index (Phi) is 7.58. The number of anilines is 1. The van der Waals surface area contributed by atoms with Crippen LogP contribution in [0.4, 0.5) is 5.69 Å². The van der Waals surface area contributed by atoms with E-state index < -0.39 is 32.5 Å². The summed E-state index contributed by atoms with van der Waals surface area (Å²) in [4.78, 5) is 36.7. The normalized spacial score (nSPS) is 10.5. The number of carbonyl (C=O) groups is 3. The van der Waals surface area contributed by atoms with Crippen molar-refractivity contribution >= 4 is 42.3 Å². The van der Waals surface area contributed by atoms with E-state index in [1.165, 1.54) is 32.4 Å². The van der Waals surface area contributed by atoms with Crippen LogP contribution in [0.25, 0.3) is 0 Å². The molecule has 0 aliphatic rings. The Bertz CT molecular complexity index is 1060. The van der Waals surface area contributed by atoms with Crippen LogP contribution >= 0.6 is 8.07 Å². The number of methoxy groups -OCH3 is 2. The molecule has 0 saturated carbocycles. The average molecular weight is 451 g/mol. The number of aliphatic carboxylic acids is 1. The topological polar surface area (TPSA) is 93.1 Å². The van der Waals surface area contributed by atoms with Gasteiger partial charge in [-0.1, -0.05) is 60.7 Å². The van der Waals surface area contributed by atoms with Gasteiger partial charge in [-0.2, -0.15) is 0 Å². The number of rotatable bonds is 8. The Morgan fingerprint density at radius 3 is 1.81 bits per heavy atom. The highest BCUT2D eigenvalue weighted by atomic mass is 31.1. The predicted octanol–water partition coefficient (Wildman–Crippen LogP) is 3.20. The molecule has 0 aliphatic carbocycles. The zero-order valence-corrected chi connectivity index (χ0v) is 18.5. The van der Waals surface area contributed by atoms with Gasteiger partial charge in [0, 0.05) is 10.6 Å². The highest BCUT2D eigenvalue weighted by molar-refractivity contribution is 7.74. The summed E-state index contributed by atoms with van der Waals surface area (Å²) in [5.74, 6) is -2.31. The Labute approximate surface area is 187 Å². The molecular formula is C24H22NO6P. The zero-order valence-electron chi connectivity index (χ0n) is 17.6. The maximum Gasteiger partial charge on any atom is 0.339 e. The van der Waals surface area contributed by atoms with Crippen molar-refractivity contribution in [3.8, 4) is 0 Å². The van der Waals surface area contributed by atoms with Crippen molar-refractivity contribution in [3.05, 3.63) is 90.0 Å². The van der Waals surface area contributed by atoms with E-state index in [9.17, 15) is 19.5 Å². The molecule has 0 heterocycles. The van der Waals surface area contributed by atoms with Crippen LogP contribution in [0.2, 0.25) is 0 Å². The Balaban J connectivity index is 2.29. The first-order chi connectivity index (χ1) is 15.5. The third-order valence-electron chi connectivity index (χ3n) is 4.63. The van der Waals surface area contributed by atoms with E-state index in [1.54, 1.807) is 4.67 Å². The first kappa shape index (κ1) is 23.0. The van der Waals surface area contributed by atoms with Gasteiger partial charge in [-0.3, -0.25) is 4.79 Å². The van der Waals surface area contributed by atoms with Crippen LogP contribution in [-0.4, -0.2) is 43.8 Å². The van der Waals surface area contributed by atoms with Gasteiger partial charge in [0.05, 0.1) is 39.1 Å². The number of carboxylic acids is 1. The lowest BCUT2D eigenvalue weighted by atomic mass is 10.1. The standard InChI is InChI=1S/C24H22NO6P/c1-30-23(28)17-13-14-20(24(29)31-2)21(15-17)25(16-22(26)27)32(18-9-5-3-6-10-18)19-11-7-4-8-12-19/h3-15H,16H2,1-2H3,(H,26,27). The monoisotopic (exact) mass is 451 g/mol. The number of carboxylic acid groups (broad SMARTS) is 1. The zero-order chi connectivity index (χ0) is 23.1. The Morgan fingerprint density at radius 1 is 0.812 bits per heavy atom. The maximum absolute atomic E-state index is 12.6. The number of ether oxygens (including phenoxy) is 2. The summed E-state index contributed by atoms with van der Waals surface area (Å²) in [5, 5.41) is 11.5. The lowest BCUT2D eigenvalue weighted by Crippen LogP contribution is -2.34. The van der Waals surface area contributed by atoms with Crippen LogP contribution in [0, 0.1) is 0 Å². The van der Waals surface area contributed by atoms with Crippen molar-refractivity contribution in [1.29, 1.82) is 0 Å². The van der Waals surface area contributed by atoms with Crippen LogP contribution in [-0.2, 0) is 14.3 Å². The van der Waals surface area contributed by atoms with Crippen LogP contribution in [0.5, 0.6) is 0 Å². The molecule has 0 spiro atoms. The van der Waals surface area contributed by atoms with Gasteiger partial charge in [0.15, 0.2) is 0 Å². The molecule has 3 rings (SSSR count). The third-order valence-corrected chi connectivity index (χ3v) is 7.04. The average Bonchev–Trinajstić information content (AvgIpc) is 2.83. The fourth-order valence-corrected chi connectivity index (χ4v) is 5.64. The molecule has 0 radical (unpaired) electrons. The molecule has 32 heavy (non-hydrogen) atoms. The summed E-state index contributed by atoms with van der Waals surface area (Å²) >= 11 is 0. The molecule has 0 amide bonds. The minimum absolute atomic E-state index is 0.153. The summed E-state index contributed by atoms with van der Waals surface area (Å²) in [6.45, 7) is -0.399. The van der Waals surface area contributed by atoms with Gasteiger partial charge in [-0.15, -0.1) is 0 Å². The minimum atomic E-state index is -1.41. The molecule has 164 valence electrons. The van der Waals surface area contributed by atoms with E-state index in [1.807, 2.05) is 60.7 Å². The van der Waals surface area contributed by atoms with Gasteiger partial charge < -0.3 is 19.3 Å². The molecule has 1 N–H and O–H groups in total. The summed E-state index contributed by atoms with van der Waals surface area (Å²) < 4.78 is 11.4. The first-order valence-corrected chi connectivity index (χ1v) is 11.0. The van der Waals surface area contributed by atoms with E-state index >= 15 is 0 Å². The molecular weight excluding hydrogens is 429 g/mol. The van der Waals surface area contributed by atoms with Crippen molar-refractivity contribution in [3.63, 3.8) is 0 Å². The van der Waals surface area contributed by atoms with Crippen LogP contribution in [0.15, 0.2) is 78.9 Å². The number of esters is 2. The third kappa shape index (κ3) is 5.13. The Morgan fingerprint density at radius 2 is 1.34 bits per heavy atom. The molecule has 0 atom stereocenters. The first-order valence-electron chi connectivity index (χ1n) is 9.66. The van der Waals surface area contributed by atoms with E-state index in [4.69, 9.17) is 9.47 Å². The summed E-state index contributed by atoms with van der Waals surface area (Å²) in [6, 6.07) is 23.3. The number of carbonyl (C=O) groups excluding carboxylic acids is 2. The second-order valence-electron chi connectivity index (χ2n) is 6.65. The van der Waals surface area contributed by atoms with Crippen molar-refractivity contribution in [1.82, 2.24) is 0 Å². The molecule has 0 unspecified atom stereocenters. The molecule has 0 bridgehead atoms. The van der Waals surface area contributed by atoms with Gasteiger partial charge in [-0.25, -0.2) is 9.59 Å². The van der Waals surface area contributed by atoms with Crippen molar-refractivity contribution in [2.24, 2.45) is 0 Å². The maximum atomic E-state index is 12.6. The fraction of sp³-hybridized carbons (Fsp3) is 0.125. The molecule has 8 heteroatoms. The Hall–Kier alpha value is -3.70. The molecule has 0 aliphatic heterocycles. The van der Waals surface area contributed by atoms with Crippen LogP contribution in [0.1, 0.15) is 20.7 Å². The summed E-state index contributed by atoms with van der Waals surface area (Å²) in [7, 11) is 1.09. The van der Waals surface area contributed by atoms with Crippen LogP contribution < -0.4 is 15.3 Å². The van der Waals surface area contributed by atoms with Crippen LogP contribution in [0.3, 0.4) is 0 Å². The molecule has 7 nitrogen and oxygen atoms in total. The quantitative estimate of drug-likeness (QED) is 0.415. The lowest BCUT2D eigenvalue weighted by Gasteiger charge is -2.34. The van der Waals surface area contributed by atoms with E-state index in [2.05, 4.69) is 0 Å². The number of hydrogen-bond acceptors (Lipinski definition) is 6. The molecule has 3 aromatic rings. The molecule has 0 saturated heterocycles. The van der Waals surface area contributed by atoms with Crippen molar-refractivity contribution in [2.45, 2.75) is 0 Å². The van der Waals surface area contributed by atoms with Gasteiger partial charge in [0.25, 0.3) is 0 Å². The summed E-state index contributed by atoms with van der Waals surface area (Å²) in [5.41, 5.74) is 0.628. The summed E-state index contributed by atoms with van der Waals surface area (Å²) in [6.07, 6.45) is 0. The minimum Gasteiger partial charge on any atom is -0.480 e. The second kappa shape index (κ2) is 10.6. The van der Waals surface area contributed by atoms with E-state index in [-0.39, 0.29) is 16.8 Å². The van der Waals surface area contributed by atoms with E-state index in [0.29, 0.717) is 0 Å². The van der Waals surface area contributed by atoms with Gasteiger partial charge in [-0.05, 0) is 18.2 Å². The highest BCUT2D eigenvalue weighted by Crippen LogP contribution is 2.43. The molecule has 3 aromatic carbocycles. The van der Waals surface area contributed by atoms with Crippen molar-refractivity contribution in [2.75, 3.05) is 25.4 Å². The SMILES string of the molecule is COC(=O)c1ccc(C(=O)OC)c(N(CC(=O)O)P(c2ccccc2)c2ccccc2)c1. The van der Waals surface area contributed by atoms with Gasteiger partial charge in [0.1, 0.15) is 6.54 Å². The van der Waals surface area contributed by atoms with Gasteiger partial charge >= 0.3 is 17.9 Å². The lowest BCUT2D eigenvalue weighted by molar-refractivity contribution is -0.135. The molecule has 0 aromatic heterocycles. The smallest absolute Gasteiger partial charge is 0.339 e. The number of nitrogens with zero attached hydrogens (tertiary/aromatic N) is 1. The van der Waals surface area contributed by atoms with Crippen molar-refractivity contribution < 1.29 is 29.0 Å². The highest BCUT2D eigenvalue weighted by Gasteiger charge is 2.29. The van der Waals surface area contributed by atoms with Gasteiger partial charge in [0.2, 0.25) is 0 Å². The fourth-order valence-electron chi connectivity index (χ4n) is 3.23. The number of hydrogen-bond donors (Lipinski definition) is 1. The predicted molar refractivity (Wildman–Crippen MR) is 123 cm³/mol. The second-order valence-corrected chi connectivity index (χ2v) is 8.79.